The Hall–Kier alpha value is 0.432. The van der Waals surface area contributed by atoms with Gasteiger partial charge in [0.05, 0.1) is 4.90 Å². The summed E-state index contributed by atoms with van der Waals surface area (Å²) in [7, 11) is 1.78. The molecule has 7 heteroatoms. The van der Waals surface area contributed by atoms with Crippen molar-refractivity contribution in [3.8, 4) is 0 Å². The van der Waals surface area contributed by atoms with Gasteiger partial charge in [-0.05, 0) is 125 Å². The third-order valence-corrected chi connectivity index (χ3v) is 8.37. The van der Waals surface area contributed by atoms with Gasteiger partial charge in [0.15, 0.2) is 0 Å². The summed E-state index contributed by atoms with van der Waals surface area (Å²) in [6.07, 6.45) is 0. The molecular weight excluding hydrogens is 639 g/mol. The Kier molecular flexibility index (Phi) is 13.0. The van der Waals surface area contributed by atoms with E-state index in [4.69, 9.17) is 10.7 Å². The Morgan fingerprint density at radius 3 is 1.00 bits per heavy atom. The van der Waals surface area contributed by atoms with Gasteiger partial charge in [-0.25, -0.2) is 8.42 Å². The van der Waals surface area contributed by atoms with Crippen molar-refractivity contribution in [2.24, 2.45) is 0 Å². The second kappa shape index (κ2) is 11.9. The number of thiol groups is 1. The molecule has 0 aliphatic rings. The molecule has 0 aliphatic carbocycles. The molecule has 0 aliphatic heterocycles. The van der Waals surface area contributed by atoms with Crippen LogP contribution in [0.2, 0.25) is 0 Å². The molecule has 161 valence electrons. The molecule has 0 amide bonds. The van der Waals surface area contributed by atoms with Gasteiger partial charge < -0.3 is 5.48 Å². The zero-order chi connectivity index (χ0) is 21.4. The Bertz CT molecular complexity index is 880. The molecule has 1 radical (unpaired) electrons. The van der Waals surface area contributed by atoms with E-state index in [1.165, 1.54) is 27.8 Å². The van der Waals surface area contributed by atoms with E-state index < -0.39 is 9.05 Å². The number of rotatable bonds is 1. The van der Waals surface area contributed by atoms with E-state index in [1.54, 1.807) is 13.8 Å². The van der Waals surface area contributed by atoms with Crippen LogP contribution in [0.15, 0.2) is 9.79 Å². The van der Waals surface area contributed by atoms with Gasteiger partial charge in [0.1, 0.15) is 0 Å². The Labute approximate surface area is 222 Å². The summed E-state index contributed by atoms with van der Waals surface area (Å²) in [5, 5.41) is 0. The van der Waals surface area contributed by atoms with Gasteiger partial charge in [-0.2, -0.15) is 0 Å². The summed E-state index contributed by atoms with van der Waals surface area (Å²) in [4.78, 5) is 1.42. The monoisotopic (exact) mass is 671 g/mol. The maximum Gasteiger partial charge on any atom is 0.261 e. The summed E-state index contributed by atoms with van der Waals surface area (Å²) in [6, 6.07) is 0. The largest absolute Gasteiger partial charge is 0.412 e. The molecule has 0 heterocycles. The van der Waals surface area contributed by atoms with Crippen LogP contribution >= 0.6 is 23.3 Å². The third kappa shape index (κ3) is 6.70. The van der Waals surface area contributed by atoms with E-state index in [9.17, 15) is 8.42 Å². The zero-order valence-electron chi connectivity index (χ0n) is 19.1. The molecule has 0 unspecified atom stereocenters. The van der Waals surface area contributed by atoms with Crippen LogP contribution in [0.3, 0.4) is 0 Å². The first-order valence-corrected chi connectivity index (χ1v) is 11.7. The third-order valence-electron chi connectivity index (χ3n) is 6.14. The molecule has 3 nitrogen and oxygen atoms in total. The molecule has 0 saturated heterocycles. The molecule has 0 bridgehead atoms. The standard InChI is InChI=1S/C11H15ClO2S.C11H16S.Ac.H2O/c1-6-7(2)9(4)11(15(12,13)14)10(5)8(6)3;1-6-7(2)9(4)11(12)10(5)8(6)3;;/h1-5H3;12H,1-5H3;;1H2. The van der Waals surface area contributed by atoms with Gasteiger partial charge >= 0.3 is 0 Å². The molecule has 2 rings (SSSR count). The molecule has 0 spiro atoms. The molecule has 0 aromatic heterocycles. The van der Waals surface area contributed by atoms with Gasteiger partial charge in [0.2, 0.25) is 0 Å². The van der Waals surface area contributed by atoms with Crippen molar-refractivity contribution in [1.29, 1.82) is 0 Å². The summed E-state index contributed by atoms with van der Waals surface area (Å²) in [5.74, 6) is 0. The van der Waals surface area contributed by atoms with Crippen LogP contribution in [0.25, 0.3) is 0 Å². The maximum absolute atomic E-state index is 11.5. The summed E-state index contributed by atoms with van der Waals surface area (Å²) >= 11 is 4.50. The topological polar surface area (TPSA) is 65.6 Å². The van der Waals surface area contributed by atoms with Crippen molar-refractivity contribution in [2.75, 3.05) is 0 Å². The first-order valence-electron chi connectivity index (χ1n) is 8.92. The summed E-state index contributed by atoms with van der Waals surface area (Å²) in [5.41, 5.74) is 11.4. The van der Waals surface area contributed by atoms with E-state index in [1.807, 2.05) is 20.8 Å². The van der Waals surface area contributed by atoms with Gasteiger partial charge in [-0.15, -0.1) is 12.6 Å². The summed E-state index contributed by atoms with van der Waals surface area (Å²) in [6.45, 7) is 20.2. The first kappa shape index (κ1) is 31.6. The Morgan fingerprint density at radius 2 is 0.759 bits per heavy atom. The van der Waals surface area contributed by atoms with Gasteiger partial charge in [-0.1, -0.05) is 0 Å². The molecule has 29 heavy (non-hydrogen) atoms. The average Bonchev–Trinajstić information content (AvgIpc) is 2.59. The average molecular weight is 672 g/mol. The van der Waals surface area contributed by atoms with Crippen molar-refractivity contribution in [3.63, 3.8) is 0 Å². The van der Waals surface area contributed by atoms with Crippen molar-refractivity contribution >= 4 is 32.4 Å². The molecular formula is C22H33AcClO3S2. The van der Waals surface area contributed by atoms with Gasteiger partial charge in [-0.3, -0.25) is 0 Å². The van der Waals surface area contributed by atoms with Crippen molar-refractivity contribution < 1.29 is 58.0 Å². The van der Waals surface area contributed by atoms with Crippen LogP contribution in [0, 0.1) is 113 Å². The minimum absolute atomic E-state index is 0. The van der Waals surface area contributed by atoms with E-state index in [0.29, 0.717) is 0 Å². The molecule has 2 aromatic rings. The molecule has 0 fully saturated rings. The molecule has 0 atom stereocenters. The van der Waals surface area contributed by atoms with E-state index >= 15 is 0 Å². The predicted molar refractivity (Wildman–Crippen MR) is 124 cm³/mol. The Balaban J connectivity index is 0. The fourth-order valence-electron chi connectivity index (χ4n) is 3.31. The van der Waals surface area contributed by atoms with Crippen LogP contribution < -0.4 is 0 Å². The number of hydrogen-bond acceptors (Lipinski definition) is 3. The van der Waals surface area contributed by atoms with Crippen molar-refractivity contribution in [1.82, 2.24) is 0 Å². The van der Waals surface area contributed by atoms with Crippen LogP contribution in [-0.4, -0.2) is 13.9 Å². The van der Waals surface area contributed by atoms with Gasteiger partial charge in [0.25, 0.3) is 9.05 Å². The quantitative estimate of drug-likeness (QED) is 0.306. The minimum atomic E-state index is -3.65. The SMILES string of the molecule is Cc1c(C)c(C)c(S(=O)(=O)Cl)c(C)c1C.Cc1c(C)c(C)c(S)c(C)c1C.O.[Ac]. The fourth-order valence-corrected chi connectivity index (χ4v) is 5.38. The number of hydrogen-bond donors (Lipinski definition) is 1. The van der Waals surface area contributed by atoms with Gasteiger partial charge in [0, 0.05) is 59.6 Å². The second-order valence-corrected chi connectivity index (χ2v) is 10.3. The normalized spacial score (nSPS) is 10.5. The molecule has 2 N–H and O–H groups in total. The van der Waals surface area contributed by atoms with Crippen LogP contribution in [-0.2, 0) is 9.05 Å². The van der Waals surface area contributed by atoms with Crippen LogP contribution in [0.1, 0.15) is 55.6 Å². The zero-order valence-corrected chi connectivity index (χ0v) is 26.3. The number of benzene rings is 2. The molecule has 0 saturated carbocycles. The first-order chi connectivity index (χ1) is 12.1. The minimum Gasteiger partial charge on any atom is -0.412 e. The van der Waals surface area contributed by atoms with E-state index in [2.05, 4.69) is 47.2 Å². The fraction of sp³-hybridized carbons (Fsp3) is 0.455. The second-order valence-electron chi connectivity index (χ2n) is 7.37. The molecule has 2 aromatic carbocycles. The van der Waals surface area contributed by atoms with Crippen molar-refractivity contribution in [3.05, 3.63) is 55.6 Å². The predicted octanol–water partition coefficient (Wildman–Crippen LogP) is 5.85. The summed E-state index contributed by atoms with van der Waals surface area (Å²) < 4.78 is 22.9. The maximum atomic E-state index is 11.5. The van der Waals surface area contributed by atoms with E-state index in [0.717, 1.165) is 32.7 Å². The van der Waals surface area contributed by atoms with E-state index in [-0.39, 0.29) is 54.4 Å². The van der Waals surface area contributed by atoms with Crippen LogP contribution in [0.5, 0.6) is 0 Å². The Morgan fingerprint density at radius 1 is 0.552 bits per heavy atom. The van der Waals surface area contributed by atoms with Crippen molar-refractivity contribution in [2.45, 2.75) is 79.0 Å². The smallest absolute Gasteiger partial charge is 0.261 e. The number of halogens is 1. The van der Waals surface area contributed by atoms with Crippen LogP contribution in [0.4, 0.5) is 0 Å².